The minimum absolute atomic E-state index is 0.0138. The van der Waals surface area contributed by atoms with Crippen LogP contribution in [0.5, 0.6) is 0 Å². The molecule has 0 bridgehead atoms. The van der Waals surface area contributed by atoms with Gasteiger partial charge in [0.25, 0.3) is 5.66 Å². The zero-order chi connectivity index (χ0) is 35.5. The van der Waals surface area contributed by atoms with Crippen molar-refractivity contribution >= 4 is 46.3 Å². The Labute approximate surface area is 277 Å². The SMILES string of the molecule is CC(C)(C)OC(=O)NC1(C(=O)OC(C)(C)C)N=CN=C2C1=NCN2[C@H]1C[C@@](O)([Si](C)(C)C(C)(C)C)[C@@H](CO[Si](C)(C)C(C)(C)C)O1. The van der Waals surface area contributed by atoms with Crippen LogP contribution in [0.25, 0.3) is 0 Å². The molecule has 0 aromatic heterocycles. The molecule has 1 unspecified atom stereocenters. The number of rotatable bonds is 7. The van der Waals surface area contributed by atoms with Crippen LogP contribution in [-0.4, -0.2) is 104 Å². The molecule has 3 aliphatic heterocycles. The Balaban J connectivity index is 2.01. The summed E-state index contributed by atoms with van der Waals surface area (Å²) in [7, 11) is -4.63. The quantitative estimate of drug-likeness (QED) is 0.260. The molecular formula is C32H59N5O7Si2. The number of fused-ring (bicyclic) bond motifs is 1. The van der Waals surface area contributed by atoms with Crippen LogP contribution in [0.1, 0.15) is 89.5 Å². The summed E-state index contributed by atoms with van der Waals surface area (Å²) in [5, 5.41) is 14.0. The molecule has 0 saturated carbocycles. The number of carbonyl (C=O) groups excluding carboxylic acids is 2. The molecule has 3 heterocycles. The predicted octanol–water partition coefficient (Wildman–Crippen LogP) is 5.62. The van der Waals surface area contributed by atoms with Gasteiger partial charge >= 0.3 is 12.1 Å². The van der Waals surface area contributed by atoms with Gasteiger partial charge in [-0.1, -0.05) is 54.6 Å². The number of ether oxygens (including phenoxy) is 3. The number of carbonyl (C=O) groups is 2. The van der Waals surface area contributed by atoms with Crippen molar-refractivity contribution in [2.24, 2.45) is 15.0 Å². The number of hydrogen-bond acceptors (Lipinski definition) is 11. The van der Waals surface area contributed by atoms with Crippen LogP contribution in [0, 0.1) is 0 Å². The lowest BCUT2D eigenvalue weighted by molar-refractivity contribution is -0.159. The third-order valence-corrected chi connectivity index (χ3v) is 21.0. The molecular weight excluding hydrogens is 623 g/mol. The number of hydrogen-bond donors (Lipinski definition) is 2. The Bertz CT molecular complexity index is 1290. The van der Waals surface area contributed by atoms with Crippen LogP contribution < -0.4 is 5.32 Å². The Morgan fingerprint density at radius 1 is 0.978 bits per heavy atom. The number of aliphatic hydroxyl groups is 1. The summed E-state index contributed by atoms with van der Waals surface area (Å²) in [6, 6.07) is 0. The first-order valence-corrected chi connectivity index (χ1v) is 22.1. The fourth-order valence-corrected chi connectivity index (χ4v) is 9.24. The third kappa shape index (κ3) is 7.45. The molecule has 2 N–H and O–H groups in total. The first-order chi connectivity index (χ1) is 20.5. The second-order valence-electron chi connectivity index (χ2n) is 17.8. The summed E-state index contributed by atoms with van der Waals surface area (Å²) in [6.45, 7) is 32.6. The van der Waals surface area contributed by atoms with Gasteiger partial charge < -0.3 is 28.6 Å². The van der Waals surface area contributed by atoms with Gasteiger partial charge in [-0.05, 0) is 64.7 Å². The Kier molecular flexibility index (Phi) is 10.1. The summed E-state index contributed by atoms with van der Waals surface area (Å²) in [5.74, 6) is -0.508. The number of amides is 1. The molecule has 0 spiro atoms. The highest BCUT2D eigenvalue weighted by atomic mass is 28.4. The smallest absolute Gasteiger partial charge is 0.410 e. The summed E-state index contributed by atoms with van der Waals surface area (Å²) >= 11 is 0. The first kappa shape index (κ1) is 38.3. The van der Waals surface area contributed by atoms with E-state index >= 15 is 0 Å². The van der Waals surface area contributed by atoms with Gasteiger partial charge in [0.1, 0.15) is 42.3 Å². The van der Waals surface area contributed by atoms with Crippen molar-refractivity contribution < 1.29 is 33.3 Å². The van der Waals surface area contributed by atoms with Crippen LogP contribution in [0.15, 0.2) is 15.0 Å². The van der Waals surface area contributed by atoms with Crippen molar-refractivity contribution in [1.29, 1.82) is 0 Å². The van der Waals surface area contributed by atoms with Gasteiger partial charge in [0.05, 0.1) is 19.9 Å². The maximum atomic E-state index is 13.8. The van der Waals surface area contributed by atoms with E-state index in [0.717, 1.165) is 0 Å². The van der Waals surface area contributed by atoms with Crippen LogP contribution in [0.2, 0.25) is 36.3 Å². The maximum Gasteiger partial charge on any atom is 0.410 e. The molecule has 262 valence electrons. The Morgan fingerprint density at radius 3 is 2.04 bits per heavy atom. The minimum Gasteiger partial charge on any atom is -0.456 e. The largest absolute Gasteiger partial charge is 0.456 e. The Morgan fingerprint density at radius 2 is 1.54 bits per heavy atom. The second-order valence-corrected chi connectivity index (χ2v) is 28.2. The van der Waals surface area contributed by atoms with Gasteiger partial charge in [-0.2, -0.15) is 0 Å². The lowest BCUT2D eigenvalue weighted by Crippen LogP contribution is -2.65. The topological polar surface area (TPSA) is 144 Å². The molecule has 0 aromatic carbocycles. The highest BCUT2D eigenvalue weighted by molar-refractivity contribution is 6.83. The van der Waals surface area contributed by atoms with Gasteiger partial charge in [0, 0.05) is 6.42 Å². The van der Waals surface area contributed by atoms with E-state index in [1.54, 1.807) is 41.5 Å². The van der Waals surface area contributed by atoms with Gasteiger partial charge in [0.15, 0.2) is 14.2 Å². The average Bonchev–Trinajstić information content (AvgIpc) is 3.41. The molecule has 3 rings (SSSR count). The molecule has 46 heavy (non-hydrogen) atoms. The molecule has 14 heteroatoms. The zero-order valence-electron chi connectivity index (χ0n) is 31.0. The highest BCUT2D eigenvalue weighted by Gasteiger charge is 2.64. The number of nitrogens with zero attached hydrogens (tertiary/aromatic N) is 4. The molecule has 12 nitrogen and oxygen atoms in total. The fourth-order valence-electron chi connectivity index (χ4n) is 5.30. The van der Waals surface area contributed by atoms with Crippen molar-refractivity contribution in [1.82, 2.24) is 10.2 Å². The van der Waals surface area contributed by atoms with E-state index in [1.807, 2.05) is 4.90 Å². The monoisotopic (exact) mass is 681 g/mol. The first-order valence-electron chi connectivity index (χ1n) is 16.2. The predicted molar refractivity (Wildman–Crippen MR) is 187 cm³/mol. The van der Waals surface area contributed by atoms with Gasteiger partial charge in [-0.15, -0.1) is 0 Å². The van der Waals surface area contributed by atoms with E-state index in [1.165, 1.54) is 6.34 Å². The van der Waals surface area contributed by atoms with E-state index in [9.17, 15) is 14.7 Å². The van der Waals surface area contributed by atoms with Crippen LogP contribution in [0.3, 0.4) is 0 Å². The van der Waals surface area contributed by atoms with Crippen LogP contribution >= 0.6 is 0 Å². The van der Waals surface area contributed by atoms with Gasteiger partial charge in [-0.3, -0.25) is 10.3 Å². The molecule has 1 amide bonds. The van der Waals surface area contributed by atoms with E-state index in [2.05, 4.69) is 83.0 Å². The lowest BCUT2D eigenvalue weighted by atomic mass is 10.0. The standard InChI is InChI=1S/C32H59N5O7Si2/c1-27(2,3)43-25(38)32(36-26(39)44-28(4,5)6)23-24(33-19-35-32)37(20-34-23)22-17-31(40,45(13,14)29(7,8)9)21(42-22)18-41-46(15,16)30(10,11)12/h19,21-22,40H,17-18,20H2,1-16H3,(H,36,39)/t21-,22-,31-,32?/m1/s1. The molecule has 1 saturated heterocycles. The van der Waals surface area contributed by atoms with E-state index < -0.39 is 62.9 Å². The van der Waals surface area contributed by atoms with Crippen molar-refractivity contribution in [2.75, 3.05) is 13.3 Å². The number of nitrogens with one attached hydrogen (secondary N) is 1. The number of alkyl carbamates (subject to hydrolysis) is 1. The summed E-state index contributed by atoms with van der Waals surface area (Å²) in [6.07, 6.45) is -0.555. The zero-order valence-corrected chi connectivity index (χ0v) is 33.0. The molecule has 4 atom stereocenters. The van der Waals surface area contributed by atoms with E-state index in [0.29, 0.717) is 12.3 Å². The van der Waals surface area contributed by atoms with Gasteiger partial charge in [0.2, 0.25) is 0 Å². The van der Waals surface area contributed by atoms with Gasteiger partial charge in [-0.25, -0.2) is 19.6 Å². The van der Waals surface area contributed by atoms with E-state index in [4.69, 9.17) is 23.6 Å². The average molecular weight is 682 g/mol. The molecule has 3 aliphatic rings. The summed E-state index contributed by atoms with van der Waals surface area (Å²) < 4.78 is 24.6. The van der Waals surface area contributed by atoms with Crippen molar-refractivity contribution in [3.05, 3.63) is 0 Å². The normalized spacial score (nSPS) is 27.6. The maximum absolute atomic E-state index is 13.8. The minimum atomic E-state index is -2.47. The van der Waals surface area contributed by atoms with Crippen molar-refractivity contribution in [3.8, 4) is 0 Å². The Hall–Kier alpha value is -2.14. The van der Waals surface area contributed by atoms with E-state index in [-0.39, 0.29) is 29.1 Å². The van der Waals surface area contributed by atoms with Crippen LogP contribution in [0.4, 0.5) is 4.79 Å². The van der Waals surface area contributed by atoms with Crippen molar-refractivity contribution in [2.45, 2.75) is 160 Å². The number of esters is 1. The van der Waals surface area contributed by atoms with Crippen molar-refractivity contribution in [3.63, 3.8) is 0 Å². The molecule has 0 radical (unpaired) electrons. The molecule has 0 aromatic rings. The highest BCUT2D eigenvalue weighted by Crippen LogP contribution is 2.51. The molecule has 1 fully saturated rings. The third-order valence-electron chi connectivity index (χ3n) is 10.1. The lowest BCUT2D eigenvalue weighted by Gasteiger charge is -2.49. The second kappa shape index (κ2) is 12.1. The fraction of sp³-hybridized carbons (Fsp3) is 0.844. The summed E-state index contributed by atoms with van der Waals surface area (Å²) in [5.41, 5.74) is -3.61. The summed E-state index contributed by atoms with van der Waals surface area (Å²) in [4.78, 5) is 42.3. The number of aliphatic imine (C=N–C) groups is 3. The van der Waals surface area contributed by atoms with Crippen LogP contribution in [-0.2, 0) is 23.4 Å². The number of amidine groups is 1. The molecule has 0 aliphatic carbocycles.